The second kappa shape index (κ2) is 37.2. The number of hydrogen-bond acceptors (Lipinski definition) is 6. The van der Waals surface area contributed by atoms with Crippen molar-refractivity contribution in [2.24, 2.45) is 11.8 Å². The molecule has 0 N–H and O–H groups in total. The van der Waals surface area contributed by atoms with Crippen molar-refractivity contribution in [1.29, 1.82) is 0 Å². The van der Waals surface area contributed by atoms with Gasteiger partial charge in [-0.25, -0.2) is 0 Å². The van der Waals surface area contributed by atoms with Gasteiger partial charge in [0.2, 0.25) is 0 Å². The summed E-state index contributed by atoms with van der Waals surface area (Å²) < 4.78 is 16.7. The van der Waals surface area contributed by atoms with Crippen molar-refractivity contribution in [1.82, 2.24) is 0 Å². The Morgan fingerprint density at radius 2 is 0.760 bits per heavy atom. The number of carbonyl (C=O) groups is 3. The molecule has 50 heavy (non-hydrogen) atoms. The lowest BCUT2D eigenvalue weighted by molar-refractivity contribution is -0.167. The average Bonchev–Trinajstić information content (AvgIpc) is 3.09. The van der Waals surface area contributed by atoms with E-state index in [1.807, 2.05) is 0 Å². The third kappa shape index (κ3) is 36.2. The molecule has 1 unspecified atom stereocenters. The van der Waals surface area contributed by atoms with E-state index in [0.29, 0.717) is 19.3 Å². The van der Waals surface area contributed by atoms with Gasteiger partial charge in [0.05, 0.1) is 0 Å². The van der Waals surface area contributed by atoms with Crippen LogP contribution in [0.4, 0.5) is 0 Å². The number of ether oxygens (including phenoxy) is 3. The van der Waals surface area contributed by atoms with Gasteiger partial charge in [0.25, 0.3) is 0 Å². The zero-order valence-corrected chi connectivity index (χ0v) is 34.0. The third-order valence-electron chi connectivity index (χ3n) is 10.1. The molecule has 0 aromatic carbocycles. The highest BCUT2D eigenvalue weighted by Gasteiger charge is 2.19. The Morgan fingerprint density at radius 1 is 0.420 bits per heavy atom. The van der Waals surface area contributed by atoms with Crippen molar-refractivity contribution in [2.45, 2.75) is 240 Å². The standard InChI is InChI=1S/C44H84O6/c1-6-8-9-10-11-12-19-24-29-34-42(45)48-37-41(38-49-43(46)35-30-25-20-15-13-17-22-27-32-39(3)4)50-44(47)36-31-26-21-16-14-18-23-28-33-40(5)7-2/h39-41H,6-38H2,1-5H3/t40?,41-/m0/s1. The molecule has 0 aliphatic heterocycles. The van der Waals surface area contributed by atoms with Crippen LogP contribution in [0.2, 0.25) is 0 Å². The van der Waals surface area contributed by atoms with Crippen molar-refractivity contribution in [3.8, 4) is 0 Å². The molecular weight excluding hydrogens is 624 g/mol. The van der Waals surface area contributed by atoms with E-state index in [1.54, 1.807) is 0 Å². The Bertz CT molecular complexity index is 766. The molecule has 0 heterocycles. The number of carbonyl (C=O) groups excluding carboxylic acids is 3. The lowest BCUT2D eigenvalue weighted by Gasteiger charge is -2.18. The highest BCUT2D eigenvalue weighted by molar-refractivity contribution is 5.71. The van der Waals surface area contributed by atoms with E-state index in [2.05, 4.69) is 34.6 Å². The first-order valence-electron chi connectivity index (χ1n) is 21.8. The summed E-state index contributed by atoms with van der Waals surface area (Å²) in [6, 6.07) is 0. The molecule has 2 atom stereocenters. The van der Waals surface area contributed by atoms with Gasteiger partial charge in [-0.15, -0.1) is 0 Å². The first kappa shape index (κ1) is 48.4. The van der Waals surface area contributed by atoms with E-state index < -0.39 is 6.10 Å². The number of hydrogen-bond donors (Lipinski definition) is 0. The predicted molar refractivity (Wildman–Crippen MR) is 210 cm³/mol. The Balaban J connectivity index is 4.36. The molecule has 0 bridgehead atoms. The normalized spacial score (nSPS) is 12.6. The lowest BCUT2D eigenvalue weighted by atomic mass is 9.99. The minimum atomic E-state index is -0.760. The van der Waals surface area contributed by atoms with Crippen LogP contribution >= 0.6 is 0 Å². The maximum Gasteiger partial charge on any atom is 0.306 e. The molecule has 0 aliphatic rings. The van der Waals surface area contributed by atoms with Gasteiger partial charge in [-0.05, 0) is 31.1 Å². The Hall–Kier alpha value is -1.59. The largest absolute Gasteiger partial charge is 0.462 e. The van der Waals surface area contributed by atoms with Gasteiger partial charge < -0.3 is 14.2 Å². The summed E-state index contributed by atoms with van der Waals surface area (Å²) in [5.74, 6) is 0.776. The van der Waals surface area contributed by atoms with Crippen LogP contribution in [0, 0.1) is 11.8 Å². The van der Waals surface area contributed by atoms with Crippen LogP contribution in [0.1, 0.15) is 234 Å². The smallest absolute Gasteiger partial charge is 0.306 e. The maximum absolute atomic E-state index is 12.7. The fraction of sp³-hybridized carbons (Fsp3) is 0.932. The van der Waals surface area contributed by atoms with Crippen LogP contribution in [0.15, 0.2) is 0 Å². The Kier molecular flexibility index (Phi) is 36.0. The van der Waals surface area contributed by atoms with E-state index >= 15 is 0 Å². The van der Waals surface area contributed by atoms with E-state index in [0.717, 1.165) is 69.6 Å². The van der Waals surface area contributed by atoms with Gasteiger partial charge in [-0.3, -0.25) is 14.4 Å². The molecule has 296 valence electrons. The molecule has 0 fully saturated rings. The second-order valence-electron chi connectivity index (χ2n) is 15.7. The summed E-state index contributed by atoms with van der Waals surface area (Å²) in [6.45, 7) is 11.3. The predicted octanol–water partition coefficient (Wildman–Crippen LogP) is 13.4. The summed E-state index contributed by atoms with van der Waals surface area (Å²) in [5, 5.41) is 0. The summed E-state index contributed by atoms with van der Waals surface area (Å²) in [4.78, 5) is 37.6. The molecule has 0 saturated heterocycles. The fourth-order valence-electron chi connectivity index (χ4n) is 6.37. The minimum absolute atomic E-state index is 0.0660. The number of unbranched alkanes of at least 4 members (excludes halogenated alkanes) is 22. The molecule has 6 nitrogen and oxygen atoms in total. The van der Waals surface area contributed by atoms with Crippen LogP contribution < -0.4 is 0 Å². The minimum Gasteiger partial charge on any atom is -0.462 e. The molecule has 6 heteroatoms. The van der Waals surface area contributed by atoms with Crippen LogP contribution in [-0.4, -0.2) is 37.2 Å². The van der Waals surface area contributed by atoms with Gasteiger partial charge in [0, 0.05) is 19.3 Å². The highest BCUT2D eigenvalue weighted by Crippen LogP contribution is 2.17. The van der Waals surface area contributed by atoms with E-state index in [9.17, 15) is 14.4 Å². The third-order valence-corrected chi connectivity index (χ3v) is 10.1. The Labute approximate surface area is 310 Å². The molecule has 0 aromatic rings. The van der Waals surface area contributed by atoms with Crippen LogP contribution in [0.3, 0.4) is 0 Å². The quantitative estimate of drug-likeness (QED) is 0.0361. The zero-order valence-electron chi connectivity index (χ0n) is 34.0. The number of rotatable bonds is 38. The molecule has 0 spiro atoms. The van der Waals surface area contributed by atoms with Crippen LogP contribution in [-0.2, 0) is 28.6 Å². The van der Waals surface area contributed by atoms with E-state index in [1.165, 1.54) is 122 Å². The molecule has 0 radical (unpaired) electrons. The monoisotopic (exact) mass is 709 g/mol. The van der Waals surface area contributed by atoms with Crippen molar-refractivity contribution in [3.05, 3.63) is 0 Å². The van der Waals surface area contributed by atoms with E-state index in [4.69, 9.17) is 14.2 Å². The SMILES string of the molecule is CCCCCCCCCCCC(=O)OC[C@@H](COC(=O)CCCCCCCCCCC(C)C)OC(=O)CCCCCCCCCCC(C)CC. The molecule has 0 aliphatic carbocycles. The molecule has 0 saturated carbocycles. The Morgan fingerprint density at radius 3 is 1.14 bits per heavy atom. The first-order valence-corrected chi connectivity index (χ1v) is 21.8. The summed E-state index contributed by atoms with van der Waals surface area (Å²) in [7, 11) is 0. The lowest BCUT2D eigenvalue weighted by Crippen LogP contribution is -2.30. The zero-order chi connectivity index (χ0) is 36.9. The van der Waals surface area contributed by atoms with Crippen molar-refractivity contribution in [3.63, 3.8) is 0 Å². The van der Waals surface area contributed by atoms with Gasteiger partial charge in [0.1, 0.15) is 13.2 Å². The maximum atomic E-state index is 12.7. The highest BCUT2D eigenvalue weighted by atomic mass is 16.6. The number of esters is 3. The molecule has 0 amide bonds. The van der Waals surface area contributed by atoms with Gasteiger partial charge >= 0.3 is 17.9 Å². The van der Waals surface area contributed by atoms with Gasteiger partial charge in [-0.1, -0.05) is 195 Å². The van der Waals surface area contributed by atoms with E-state index in [-0.39, 0.29) is 31.1 Å². The summed E-state index contributed by atoms with van der Waals surface area (Å²) in [5.41, 5.74) is 0. The van der Waals surface area contributed by atoms with Crippen molar-refractivity contribution < 1.29 is 28.6 Å². The summed E-state index contributed by atoms with van der Waals surface area (Å²) in [6.07, 6.45) is 33.7. The van der Waals surface area contributed by atoms with Crippen LogP contribution in [0.5, 0.6) is 0 Å². The second-order valence-corrected chi connectivity index (χ2v) is 15.7. The fourth-order valence-corrected chi connectivity index (χ4v) is 6.37. The molecular formula is C44H84O6. The van der Waals surface area contributed by atoms with Gasteiger partial charge in [-0.2, -0.15) is 0 Å². The topological polar surface area (TPSA) is 78.9 Å². The van der Waals surface area contributed by atoms with Crippen LogP contribution in [0.25, 0.3) is 0 Å². The molecule has 0 rings (SSSR count). The average molecular weight is 709 g/mol. The van der Waals surface area contributed by atoms with Crippen molar-refractivity contribution in [2.75, 3.05) is 13.2 Å². The summed E-state index contributed by atoms with van der Waals surface area (Å²) >= 11 is 0. The van der Waals surface area contributed by atoms with Crippen molar-refractivity contribution >= 4 is 17.9 Å². The first-order chi connectivity index (χ1) is 24.3. The molecule has 0 aromatic heterocycles. The van der Waals surface area contributed by atoms with Gasteiger partial charge in [0.15, 0.2) is 6.10 Å².